The molecule has 3 nitrogen and oxygen atoms in total. The number of nitrogens with one attached hydrogen (secondary N) is 1. The first-order chi connectivity index (χ1) is 9.15. The zero-order valence-corrected chi connectivity index (χ0v) is 9.85. The molecule has 1 heterocycles. The number of aromatic carboxylic acids is 1. The van der Waals surface area contributed by atoms with Crippen LogP contribution in [0.1, 0.15) is 10.4 Å². The van der Waals surface area contributed by atoms with Crippen LogP contribution in [0.2, 0.25) is 0 Å². The van der Waals surface area contributed by atoms with E-state index in [2.05, 4.69) is 4.98 Å². The van der Waals surface area contributed by atoms with Crippen LogP contribution in [0.4, 0.5) is 4.39 Å². The largest absolute Gasteiger partial charge is 0.478 e. The SMILES string of the molecule is O=C(O)c1ccc2c(-c3ccc(F)cc3)c[nH]c2c1. The highest BCUT2D eigenvalue weighted by Crippen LogP contribution is 2.29. The molecule has 3 rings (SSSR count). The lowest BCUT2D eigenvalue weighted by molar-refractivity contribution is 0.0697. The van der Waals surface area contributed by atoms with E-state index in [-0.39, 0.29) is 11.4 Å². The number of H-pyrrole nitrogens is 1. The van der Waals surface area contributed by atoms with Gasteiger partial charge in [0.15, 0.2) is 0 Å². The maximum Gasteiger partial charge on any atom is 0.335 e. The molecule has 0 aliphatic carbocycles. The molecule has 0 spiro atoms. The summed E-state index contributed by atoms with van der Waals surface area (Å²) in [6.45, 7) is 0. The molecular formula is C15H10FNO2. The van der Waals surface area contributed by atoms with Gasteiger partial charge < -0.3 is 10.1 Å². The number of aromatic amines is 1. The summed E-state index contributed by atoms with van der Waals surface area (Å²) in [7, 11) is 0. The summed E-state index contributed by atoms with van der Waals surface area (Å²) in [6, 6.07) is 11.1. The molecule has 19 heavy (non-hydrogen) atoms. The van der Waals surface area contributed by atoms with Crippen molar-refractivity contribution in [3.8, 4) is 11.1 Å². The Morgan fingerprint density at radius 1 is 1.11 bits per heavy atom. The van der Waals surface area contributed by atoms with Crippen LogP contribution < -0.4 is 0 Å². The first-order valence-corrected chi connectivity index (χ1v) is 5.75. The van der Waals surface area contributed by atoms with Gasteiger partial charge in [-0.3, -0.25) is 0 Å². The summed E-state index contributed by atoms with van der Waals surface area (Å²) in [5.41, 5.74) is 2.79. The van der Waals surface area contributed by atoms with Crippen LogP contribution in [0.5, 0.6) is 0 Å². The second-order valence-electron chi connectivity index (χ2n) is 4.27. The summed E-state index contributed by atoms with van der Waals surface area (Å²) >= 11 is 0. The Morgan fingerprint density at radius 2 is 1.84 bits per heavy atom. The molecule has 0 unspecified atom stereocenters. The predicted octanol–water partition coefficient (Wildman–Crippen LogP) is 3.67. The summed E-state index contributed by atoms with van der Waals surface area (Å²) in [6.07, 6.45) is 1.80. The van der Waals surface area contributed by atoms with Crippen LogP contribution >= 0.6 is 0 Å². The van der Waals surface area contributed by atoms with Crippen LogP contribution in [0.25, 0.3) is 22.0 Å². The highest BCUT2D eigenvalue weighted by molar-refractivity contribution is 5.99. The van der Waals surface area contributed by atoms with Crippen molar-refractivity contribution in [1.82, 2.24) is 4.98 Å². The fourth-order valence-corrected chi connectivity index (χ4v) is 2.13. The maximum absolute atomic E-state index is 12.9. The Balaban J connectivity index is 2.15. The summed E-state index contributed by atoms with van der Waals surface area (Å²) in [5.74, 6) is -1.24. The van der Waals surface area contributed by atoms with Crippen LogP contribution in [-0.2, 0) is 0 Å². The van der Waals surface area contributed by atoms with Gasteiger partial charge in [0.2, 0.25) is 0 Å². The van der Waals surface area contributed by atoms with Crippen molar-refractivity contribution in [2.75, 3.05) is 0 Å². The molecule has 0 aliphatic heterocycles. The lowest BCUT2D eigenvalue weighted by atomic mass is 10.0. The summed E-state index contributed by atoms with van der Waals surface area (Å²) in [5, 5.41) is 9.86. The normalized spacial score (nSPS) is 10.8. The molecule has 0 atom stereocenters. The average Bonchev–Trinajstić information content (AvgIpc) is 2.82. The Morgan fingerprint density at radius 3 is 2.53 bits per heavy atom. The van der Waals surface area contributed by atoms with E-state index in [0.717, 1.165) is 22.0 Å². The topological polar surface area (TPSA) is 53.1 Å². The summed E-state index contributed by atoms with van der Waals surface area (Å²) in [4.78, 5) is 13.9. The van der Waals surface area contributed by atoms with Crippen molar-refractivity contribution in [2.24, 2.45) is 0 Å². The van der Waals surface area contributed by atoms with Crippen LogP contribution in [0.15, 0.2) is 48.7 Å². The van der Waals surface area contributed by atoms with Crippen molar-refractivity contribution in [3.05, 3.63) is 60.0 Å². The average molecular weight is 255 g/mol. The van der Waals surface area contributed by atoms with E-state index in [1.807, 2.05) is 0 Å². The number of carboxylic acids is 1. The Hall–Kier alpha value is -2.62. The van der Waals surface area contributed by atoms with Crippen molar-refractivity contribution in [1.29, 1.82) is 0 Å². The van der Waals surface area contributed by atoms with E-state index < -0.39 is 5.97 Å². The first kappa shape index (κ1) is 11.5. The molecule has 4 heteroatoms. The standard InChI is InChI=1S/C15H10FNO2/c16-11-4-1-9(2-5-11)13-8-17-14-7-10(15(18)19)3-6-12(13)14/h1-8,17H,(H,18,19). The third-order valence-electron chi connectivity index (χ3n) is 3.08. The number of halogens is 1. The third kappa shape index (κ3) is 1.97. The fourth-order valence-electron chi connectivity index (χ4n) is 2.13. The van der Waals surface area contributed by atoms with Crippen molar-refractivity contribution in [2.45, 2.75) is 0 Å². The minimum Gasteiger partial charge on any atom is -0.478 e. The molecule has 94 valence electrons. The number of carboxylic acid groups (broad SMARTS) is 1. The highest BCUT2D eigenvalue weighted by Gasteiger charge is 2.09. The Kier molecular flexibility index (Phi) is 2.56. The van der Waals surface area contributed by atoms with E-state index >= 15 is 0 Å². The van der Waals surface area contributed by atoms with Gasteiger partial charge in [-0.15, -0.1) is 0 Å². The van der Waals surface area contributed by atoms with Crippen LogP contribution in [0.3, 0.4) is 0 Å². The molecule has 0 fully saturated rings. The molecular weight excluding hydrogens is 245 g/mol. The van der Waals surface area contributed by atoms with Gasteiger partial charge in [0, 0.05) is 22.7 Å². The zero-order valence-electron chi connectivity index (χ0n) is 9.85. The summed E-state index contributed by atoms with van der Waals surface area (Å²) < 4.78 is 12.9. The maximum atomic E-state index is 12.9. The van der Waals surface area contributed by atoms with Gasteiger partial charge in [0.25, 0.3) is 0 Å². The second kappa shape index (κ2) is 4.24. The molecule has 2 N–H and O–H groups in total. The highest BCUT2D eigenvalue weighted by atomic mass is 19.1. The second-order valence-corrected chi connectivity index (χ2v) is 4.27. The van der Waals surface area contributed by atoms with Gasteiger partial charge in [-0.1, -0.05) is 18.2 Å². The number of hydrogen-bond acceptors (Lipinski definition) is 1. The quantitative estimate of drug-likeness (QED) is 0.734. The predicted molar refractivity (Wildman–Crippen MR) is 70.7 cm³/mol. The smallest absolute Gasteiger partial charge is 0.335 e. The minimum absolute atomic E-state index is 0.236. The number of hydrogen-bond donors (Lipinski definition) is 2. The molecule has 0 saturated heterocycles. The van der Waals surface area contributed by atoms with E-state index in [1.165, 1.54) is 12.1 Å². The van der Waals surface area contributed by atoms with Gasteiger partial charge in [-0.25, -0.2) is 9.18 Å². The molecule has 3 aromatic rings. The number of fused-ring (bicyclic) bond motifs is 1. The van der Waals surface area contributed by atoms with Gasteiger partial charge in [-0.2, -0.15) is 0 Å². The van der Waals surface area contributed by atoms with Crippen LogP contribution in [-0.4, -0.2) is 16.1 Å². The van der Waals surface area contributed by atoms with Gasteiger partial charge >= 0.3 is 5.97 Å². The van der Waals surface area contributed by atoms with E-state index in [0.29, 0.717) is 0 Å². The Labute approximate surface area is 108 Å². The van der Waals surface area contributed by atoms with E-state index in [1.54, 1.807) is 36.5 Å². The zero-order chi connectivity index (χ0) is 13.4. The lowest BCUT2D eigenvalue weighted by Gasteiger charge is -2.00. The molecule has 0 amide bonds. The Bertz CT molecular complexity index is 759. The minimum atomic E-state index is -0.958. The number of aromatic nitrogens is 1. The first-order valence-electron chi connectivity index (χ1n) is 5.75. The molecule has 1 aromatic heterocycles. The van der Waals surface area contributed by atoms with Crippen LogP contribution in [0, 0.1) is 5.82 Å². The number of benzene rings is 2. The monoisotopic (exact) mass is 255 g/mol. The van der Waals surface area contributed by atoms with E-state index in [9.17, 15) is 9.18 Å². The molecule has 0 bridgehead atoms. The van der Waals surface area contributed by atoms with Gasteiger partial charge in [-0.05, 0) is 29.8 Å². The molecule has 0 radical (unpaired) electrons. The molecule has 0 saturated carbocycles. The third-order valence-corrected chi connectivity index (χ3v) is 3.08. The van der Waals surface area contributed by atoms with Crippen molar-refractivity contribution in [3.63, 3.8) is 0 Å². The van der Waals surface area contributed by atoms with Crippen molar-refractivity contribution < 1.29 is 14.3 Å². The van der Waals surface area contributed by atoms with Gasteiger partial charge in [0.1, 0.15) is 5.82 Å². The fraction of sp³-hybridized carbons (Fsp3) is 0. The van der Waals surface area contributed by atoms with Gasteiger partial charge in [0.05, 0.1) is 5.56 Å². The number of carbonyl (C=O) groups is 1. The number of rotatable bonds is 2. The van der Waals surface area contributed by atoms with Crippen molar-refractivity contribution >= 4 is 16.9 Å². The molecule has 2 aromatic carbocycles. The molecule has 0 aliphatic rings. The lowest BCUT2D eigenvalue weighted by Crippen LogP contribution is -1.94. The van der Waals surface area contributed by atoms with E-state index in [4.69, 9.17) is 5.11 Å².